The number of ether oxygens (including phenoxy) is 1. The van der Waals surface area contributed by atoms with Crippen molar-refractivity contribution in [2.45, 2.75) is 18.9 Å². The molecule has 170 valence electrons. The fourth-order valence-corrected chi connectivity index (χ4v) is 4.22. The second kappa shape index (κ2) is 10.1. The highest BCUT2D eigenvalue weighted by Gasteiger charge is 2.36. The molecule has 3 N–H and O–H groups in total. The average molecular weight is 484 g/mol. The van der Waals surface area contributed by atoms with Crippen LogP contribution in [0.2, 0.25) is 10.0 Å². The van der Waals surface area contributed by atoms with Gasteiger partial charge in [-0.05, 0) is 67.1 Å². The molecule has 1 fully saturated rings. The van der Waals surface area contributed by atoms with Gasteiger partial charge in [0.1, 0.15) is 11.5 Å². The fourth-order valence-electron chi connectivity index (χ4n) is 3.85. The molecule has 1 unspecified atom stereocenters. The molecular formula is C25H23Cl2N3O3. The molecule has 6 nitrogen and oxygen atoms in total. The molecule has 0 spiro atoms. The van der Waals surface area contributed by atoms with E-state index in [9.17, 15) is 9.59 Å². The van der Waals surface area contributed by atoms with Gasteiger partial charge in [0.05, 0.1) is 12.0 Å². The number of piperidine rings is 1. The third-order valence-corrected chi connectivity index (χ3v) is 5.98. The normalized spacial score (nSPS) is 17.7. The Morgan fingerprint density at radius 2 is 1.76 bits per heavy atom. The second-order valence-corrected chi connectivity index (χ2v) is 8.62. The topological polar surface area (TPSA) is 79.5 Å². The van der Waals surface area contributed by atoms with Gasteiger partial charge >= 0.3 is 0 Å². The molecule has 0 aromatic heterocycles. The van der Waals surface area contributed by atoms with Gasteiger partial charge in [-0.3, -0.25) is 9.59 Å². The number of rotatable bonds is 6. The summed E-state index contributed by atoms with van der Waals surface area (Å²) < 4.78 is 6.13. The van der Waals surface area contributed by atoms with Gasteiger partial charge in [0.2, 0.25) is 11.8 Å². The van der Waals surface area contributed by atoms with E-state index in [1.165, 1.54) is 0 Å². The number of hydrogen-bond donors (Lipinski definition) is 3. The number of halogens is 2. The maximum Gasteiger partial charge on any atom is 0.229 e. The van der Waals surface area contributed by atoms with Crippen molar-refractivity contribution in [1.29, 1.82) is 0 Å². The van der Waals surface area contributed by atoms with Crippen molar-refractivity contribution in [2.24, 2.45) is 5.92 Å². The second-order valence-electron chi connectivity index (χ2n) is 7.75. The van der Waals surface area contributed by atoms with E-state index in [0.717, 1.165) is 5.69 Å². The summed E-state index contributed by atoms with van der Waals surface area (Å²) in [5, 5.41) is 9.94. The lowest BCUT2D eigenvalue weighted by Crippen LogP contribution is -2.43. The number of amides is 2. The zero-order chi connectivity index (χ0) is 23.4. The molecule has 4 rings (SSSR count). The first-order chi connectivity index (χ1) is 15.9. The van der Waals surface area contributed by atoms with E-state index in [4.69, 9.17) is 27.9 Å². The van der Waals surface area contributed by atoms with Gasteiger partial charge in [0.25, 0.3) is 0 Å². The minimum atomic E-state index is -0.601. The fraction of sp³-hybridized carbons (Fsp3) is 0.200. The zero-order valence-electron chi connectivity index (χ0n) is 17.9. The third-order valence-electron chi connectivity index (χ3n) is 5.51. The number of hydrogen-bond acceptors (Lipinski definition) is 4. The van der Waals surface area contributed by atoms with E-state index in [1.54, 1.807) is 42.5 Å². The molecule has 3 aromatic rings. The largest absolute Gasteiger partial charge is 0.457 e. The predicted molar refractivity (Wildman–Crippen MR) is 131 cm³/mol. The van der Waals surface area contributed by atoms with Crippen LogP contribution in [0.15, 0.2) is 66.7 Å². The molecule has 2 amide bonds. The van der Waals surface area contributed by atoms with Crippen LogP contribution in [-0.2, 0) is 9.59 Å². The van der Waals surface area contributed by atoms with Crippen LogP contribution in [0, 0.1) is 5.92 Å². The van der Waals surface area contributed by atoms with Crippen LogP contribution >= 0.6 is 23.2 Å². The van der Waals surface area contributed by atoms with Gasteiger partial charge in [-0.2, -0.15) is 0 Å². The van der Waals surface area contributed by atoms with E-state index in [0.29, 0.717) is 39.2 Å². The molecule has 1 aliphatic rings. The first-order valence-electron chi connectivity index (χ1n) is 10.5. The van der Waals surface area contributed by atoms with Crippen LogP contribution in [0.1, 0.15) is 24.4 Å². The Balaban J connectivity index is 1.64. The molecule has 1 heterocycles. The quantitative estimate of drug-likeness (QED) is 0.399. The minimum Gasteiger partial charge on any atom is -0.457 e. The van der Waals surface area contributed by atoms with Gasteiger partial charge in [-0.1, -0.05) is 29.3 Å². The van der Waals surface area contributed by atoms with Crippen molar-refractivity contribution in [2.75, 3.05) is 17.7 Å². The van der Waals surface area contributed by atoms with Crippen LogP contribution in [0.3, 0.4) is 0 Å². The lowest BCUT2D eigenvalue weighted by molar-refractivity contribution is -0.128. The van der Waals surface area contributed by atoms with Crippen molar-refractivity contribution in [3.8, 4) is 11.5 Å². The molecule has 3 aromatic carbocycles. The van der Waals surface area contributed by atoms with Crippen LogP contribution in [0.25, 0.3) is 0 Å². The summed E-state index contributed by atoms with van der Waals surface area (Å²) >= 11 is 12.3. The molecule has 0 bridgehead atoms. The molecule has 1 aliphatic heterocycles. The molecule has 33 heavy (non-hydrogen) atoms. The lowest BCUT2D eigenvalue weighted by atomic mass is 9.84. The highest BCUT2D eigenvalue weighted by Crippen LogP contribution is 2.39. The van der Waals surface area contributed by atoms with Crippen molar-refractivity contribution < 1.29 is 14.3 Å². The van der Waals surface area contributed by atoms with Gasteiger partial charge in [-0.25, -0.2) is 0 Å². The molecule has 1 saturated heterocycles. The smallest absolute Gasteiger partial charge is 0.229 e. The standard InChI is InChI=1S/C25H23Cl2N3O3/c1-28-17-6-8-19(9-7-17)33-22-11-5-16(27)14-21(22)24-20(10-12-23(31)30-24)25(32)29-18-4-2-3-15(26)13-18/h2-9,11,13-14,20,24,28H,10,12H2,1H3,(H,29,32)(H,30,31)/t20?,24-/m0/s1. The molecule has 0 saturated carbocycles. The van der Waals surface area contributed by atoms with Crippen molar-refractivity contribution in [1.82, 2.24) is 5.32 Å². The lowest BCUT2D eigenvalue weighted by Gasteiger charge is -2.32. The predicted octanol–water partition coefficient (Wildman–Crippen LogP) is 6.03. The van der Waals surface area contributed by atoms with Crippen LogP contribution in [0.5, 0.6) is 11.5 Å². The Morgan fingerprint density at radius 3 is 2.48 bits per heavy atom. The van der Waals surface area contributed by atoms with E-state index in [2.05, 4.69) is 16.0 Å². The summed E-state index contributed by atoms with van der Waals surface area (Å²) in [6.07, 6.45) is 0.651. The Kier molecular flexibility index (Phi) is 7.06. The summed E-state index contributed by atoms with van der Waals surface area (Å²) in [5.74, 6) is 0.279. The monoisotopic (exact) mass is 483 g/mol. The molecule has 2 atom stereocenters. The Hall–Kier alpha value is -3.22. The molecule has 0 radical (unpaired) electrons. The first kappa shape index (κ1) is 23.0. The number of carbonyl (C=O) groups is 2. The maximum atomic E-state index is 13.2. The summed E-state index contributed by atoms with van der Waals surface area (Å²) in [6.45, 7) is 0. The number of nitrogens with one attached hydrogen (secondary N) is 3. The number of benzene rings is 3. The van der Waals surface area contributed by atoms with Gasteiger partial charge in [0.15, 0.2) is 0 Å². The Bertz CT molecular complexity index is 1170. The third kappa shape index (κ3) is 5.59. The van der Waals surface area contributed by atoms with Crippen LogP contribution in [0.4, 0.5) is 11.4 Å². The van der Waals surface area contributed by atoms with Gasteiger partial charge < -0.3 is 20.7 Å². The summed E-state index contributed by atoms with van der Waals surface area (Å²) in [7, 11) is 1.84. The summed E-state index contributed by atoms with van der Waals surface area (Å²) in [4.78, 5) is 25.5. The van der Waals surface area contributed by atoms with Crippen LogP contribution < -0.4 is 20.7 Å². The highest BCUT2D eigenvalue weighted by molar-refractivity contribution is 6.31. The summed E-state index contributed by atoms with van der Waals surface area (Å²) in [6, 6.07) is 19.0. The van der Waals surface area contributed by atoms with E-state index < -0.39 is 12.0 Å². The number of carbonyl (C=O) groups excluding carboxylic acids is 2. The Labute approximate surface area is 202 Å². The van der Waals surface area contributed by atoms with Crippen molar-refractivity contribution in [3.05, 3.63) is 82.3 Å². The first-order valence-corrected chi connectivity index (χ1v) is 11.3. The van der Waals surface area contributed by atoms with E-state index in [1.807, 2.05) is 31.3 Å². The minimum absolute atomic E-state index is 0.129. The Morgan fingerprint density at radius 1 is 1.00 bits per heavy atom. The SMILES string of the molecule is CNc1ccc(Oc2ccc(Cl)cc2[C@H]2NC(=O)CCC2C(=O)Nc2cccc(Cl)c2)cc1. The molecular weight excluding hydrogens is 461 g/mol. The van der Waals surface area contributed by atoms with E-state index in [-0.39, 0.29) is 18.2 Å². The maximum absolute atomic E-state index is 13.2. The van der Waals surface area contributed by atoms with Crippen molar-refractivity contribution >= 4 is 46.4 Å². The highest BCUT2D eigenvalue weighted by atomic mass is 35.5. The summed E-state index contributed by atoms with van der Waals surface area (Å²) in [5.41, 5.74) is 2.19. The molecule has 8 heteroatoms. The van der Waals surface area contributed by atoms with Crippen molar-refractivity contribution in [3.63, 3.8) is 0 Å². The average Bonchev–Trinajstić information content (AvgIpc) is 2.80. The van der Waals surface area contributed by atoms with Crippen LogP contribution in [-0.4, -0.2) is 18.9 Å². The van der Waals surface area contributed by atoms with E-state index >= 15 is 0 Å². The molecule has 0 aliphatic carbocycles. The number of anilines is 2. The van der Waals surface area contributed by atoms with Gasteiger partial charge in [0, 0.05) is 40.5 Å². The van der Waals surface area contributed by atoms with Gasteiger partial charge in [-0.15, -0.1) is 0 Å². The zero-order valence-corrected chi connectivity index (χ0v) is 19.4.